The first-order chi connectivity index (χ1) is 8.93. The highest BCUT2D eigenvalue weighted by Crippen LogP contribution is 2.31. The summed E-state index contributed by atoms with van der Waals surface area (Å²) in [5, 5.41) is 0. The van der Waals surface area contributed by atoms with Gasteiger partial charge in [0.15, 0.2) is 5.82 Å². The van der Waals surface area contributed by atoms with Gasteiger partial charge in [-0.2, -0.15) is 0 Å². The van der Waals surface area contributed by atoms with E-state index in [2.05, 4.69) is 23.2 Å². The van der Waals surface area contributed by atoms with Crippen LogP contribution in [0.15, 0.2) is 42.6 Å². The lowest BCUT2D eigenvalue weighted by Gasteiger charge is -2.21. The molecule has 92 valence electrons. The number of hydrogen-bond acceptors (Lipinski definition) is 2. The Labute approximate surface area is 108 Å². The van der Waals surface area contributed by atoms with Crippen molar-refractivity contribution in [3.63, 3.8) is 0 Å². The predicted octanol–water partition coefficient (Wildman–Crippen LogP) is 4.19. The zero-order chi connectivity index (χ0) is 12.2. The van der Waals surface area contributed by atoms with E-state index in [1.165, 1.54) is 37.8 Å². The molecule has 2 heteroatoms. The Hall–Kier alpha value is -1.70. The van der Waals surface area contributed by atoms with Crippen LogP contribution in [0.3, 0.4) is 0 Å². The molecule has 0 spiro atoms. The molecule has 0 N–H and O–H groups in total. The van der Waals surface area contributed by atoms with Crippen LogP contribution in [0.2, 0.25) is 0 Å². The molecule has 0 amide bonds. The third-order valence-corrected chi connectivity index (χ3v) is 3.73. The lowest BCUT2D eigenvalue weighted by Crippen LogP contribution is -2.07. The smallest absolute Gasteiger partial charge is 0.159 e. The minimum absolute atomic E-state index is 0.643. The van der Waals surface area contributed by atoms with Gasteiger partial charge >= 0.3 is 0 Å². The molecule has 0 atom stereocenters. The number of rotatable bonds is 2. The van der Waals surface area contributed by atoms with Gasteiger partial charge < -0.3 is 0 Å². The highest BCUT2D eigenvalue weighted by molar-refractivity contribution is 5.54. The van der Waals surface area contributed by atoms with E-state index in [1.54, 1.807) is 0 Å². The van der Waals surface area contributed by atoms with Crippen molar-refractivity contribution in [2.24, 2.45) is 0 Å². The molecule has 1 aliphatic rings. The van der Waals surface area contributed by atoms with E-state index in [0.29, 0.717) is 5.92 Å². The average molecular weight is 238 g/mol. The van der Waals surface area contributed by atoms with Crippen molar-refractivity contribution in [2.75, 3.05) is 0 Å². The fourth-order valence-corrected chi connectivity index (χ4v) is 2.72. The molecule has 1 aliphatic carbocycles. The van der Waals surface area contributed by atoms with Crippen molar-refractivity contribution in [2.45, 2.75) is 38.0 Å². The highest BCUT2D eigenvalue weighted by Gasteiger charge is 2.17. The average Bonchev–Trinajstić information content (AvgIpc) is 2.49. The number of hydrogen-bond donors (Lipinski definition) is 0. The van der Waals surface area contributed by atoms with Gasteiger partial charge in [-0.1, -0.05) is 49.6 Å². The quantitative estimate of drug-likeness (QED) is 0.784. The van der Waals surface area contributed by atoms with Crippen LogP contribution in [-0.4, -0.2) is 9.97 Å². The molecule has 0 bridgehead atoms. The predicted molar refractivity (Wildman–Crippen MR) is 73.3 cm³/mol. The Morgan fingerprint density at radius 2 is 1.67 bits per heavy atom. The molecular weight excluding hydrogens is 220 g/mol. The summed E-state index contributed by atoms with van der Waals surface area (Å²) < 4.78 is 0. The topological polar surface area (TPSA) is 25.8 Å². The van der Waals surface area contributed by atoms with Crippen molar-refractivity contribution in [1.82, 2.24) is 9.97 Å². The van der Waals surface area contributed by atoms with Crippen molar-refractivity contribution in [1.29, 1.82) is 0 Å². The van der Waals surface area contributed by atoms with E-state index in [1.807, 2.05) is 24.4 Å². The van der Waals surface area contributed by atoms with E-state index in [-0.39, 0.29) is 0 Å². The van der Waals surface area contributed by atoms with E-state index in [4.69, 9.17) is 4.98 Å². The summed E-state index contributed by atoms with van der Waals surface area (Å²) in [7, 11) is 0. The van der Waals surface area contributed by atoms with Crippen LogP contribution < -0.4 is 0 Å². The maximum atomic E-state index is 4.76. The van der Waals surface area contributed by atoms with Gasteiger partial charge in [0.1, 0.15) is 0 Å². The molecule has 18 heavy (non-hydrogen) atoms. The molecule has 1 heterocycles. The molecule has 0 radical (unpaired) electrons. The molecule has 0 saturated heterocycles. The van der Waals surface area contributed by atoms with Crippen LogP contribution in [0.5, 0.6) is 0 Å². The van der Waals surface area contributed by atoms with E-state index >= 15 is 0 Å². The Morgan fingerprint density at radius 1 is 0.889 bits per heavy atom. The highest BCUT2D eigenvalue weighted by atomic mass is 14.9. The van der Waals surface area contributed by atoms with Crippen molar-refractivity contribution in [3.8, 4) is 11.4 Å². The summed E-state index contributed by atoms with van der Waals surface area (Å²) in [5.41, 5.74) is 2.33. The van der Waals surface area contributed by atoms with Gasteiger partial charge in [0.05, 0.1) is 0 Å². The summed E-state index contributed by atoms with van der Waals surface area (Å²) in [4.78, 5) is 9.15. The van der Waals surface area contributed by atoms with Gasteiger partial charge in [0.25, 0.3) is 0 Å². The Bertz CT molecular complexity index is 502. The summed E-state index contributed by atoms with van der Waals surface area (Å²) >= 11 is 0. The lowest BCUT2D eigenvalue weighted by atomic mass is 9.87. The SMILES string of the molecule is c1ccc(-c2nccc(C3CCCCC3)n2)cc1. The minimum atomic E-state index is 0.643. The first kappa shape index (κ1) is 11.4. The van der Waals surface area contributed by atoms with Crippen molar-refractivity contribution >= 4 is 0 Å². The van der Waals surface area contributed by atoms with E-state index < -0.39 is 0 Å². The van der Waals surface area contributed by atoms with Crippen LogP contribution in [0.25, 0.3) is 11.4 Å². The Kier molecular flexibility index (Phi) is 3.35. The number of aromatic nitrogens is 2. The van der Waals surface area contributed by atoms with Gasteiger partial charge in [0, 0.05) is 23.4 Å². The van der Waals surface area contributed by atoms with E-state index in [0.717, 1.165) is 11.4 Å². The third-order valence-electron chi connectivity index (χ3n) is 3.73. The molecule has 3 rings (SSSR count). The van der Waals surface area contributed by atoms with Gasteiger partial charge in [-0.3, -0.25) is 0 Å². The van der Waals surface area contributed by atoms with Crippen LogP contribution in [0, 0.1) is 0 Å². The molecule has 1 fully saturated rings. The zero-order valence-electron chi connectivity index (χ0n) is 10.5. The van der Waals surface area contributed by atoms with Crippen molar-refractivity contribution < 1.29 is 0 Å². The molecule has 2 aromatic rings. The monoisotopic (exact) mass is 238 g/mol. The molecule has 1 saturated carbocycles. The van der Waals surface area contributed by atoms with Crippen LogP contribution in [0.4, 0.5) is 0 Å². The lowest BCUT2D eigenvalue weighted by molar-refractivity contribution is 0.436. The molecule has 2 nitrogen and oxygen atoms in total. The van der Waals surface area contributed by atoms with E-state index in [9.17, 15) is 0 Å². The fourth-order valence-electron chi connectivity index (χ4n) is 2.72. The standard InChI is InChI=1S/C16H18N2/c1-3-7-13(8-4-1)15-11-12-17-16(18-15)14-9-5-2-6-10-14/h2,5-6,9-13H,1,3-4,7-8H2. The van der Waals surface area contributed by atoms with Crippen LogP contribution in [-0.2, 0) is 0 Å². The zero-order valence-corrected chi connectivity index (χ0v) is 10.5. The molecule has 0 aliphatic heterocycles. The van der Waals surface area contributed by atoms with Gasteiger partial charge in [-0.05, 0) is 18.9 Å². The largest absolute Gasteiger partial charge is 0.237 e. The summed E-state index contributed by atoms with van der Waals surface area (Å²) in [6.45, 7) is 0. The summed E-state index contributed by atoms with van der Waals surface area (Å²) in [6, 6.07) is 12.3. The second-order valence-electron chi connectivity index (χ2n) is 5.01. The number of nitrogens with zero attached hydrogens (tertiary/aromatic N) is 2. The normalized spacial score (nSPS) is 16.7. The second-order valence-corrected chi connectivity index (χ2v) is 5.01. The minimum Gasteiger partial charge on any atom is -0.237 e. The maximum absolute atomic E-state index is 4.76. The van der Waals surface area contributed by atoms with Gasteiger partial charge in [-0.25, -0.2) is 9.97 Å². The van der Waals surface area contributed by atoms with Gasteiger partial charge in [-0.15, -0.1) is 0 Å². The fraction of sp³-hybridized carbons (Fsp3) is 0.375. The molecule has 1 aromatic carbocycles. The van der Waals surface area contributed by atoms with Crippen molar-refractivity contribution in [3.05, 3.63) is 48.3 Å². The maximum Gasteiger partial charge on any atom is 0.159 e. The summed E-state index contributed by atoms with van der Waals surface area (Å²) in [5.74, 6) is 1.50. The molecule has 0 unspecified atom stereocenters. The molecular formula is C16H18N2. The van der Waals surface area contributed by atoms with Gasteiger partial charge in [0.2, 0.25) is 0 Å². The number of benzene rings is 1. The first-order valence-corrected chi connectivity index (χ1v) is 6.82. The second kappa shape index (κ2) is 5.30. The third kappa shape index (κ3) is 2.42. The summed E-state index contributed by atoms with van der Waals surface area (Å²) in [6.07, 6.45) is 8.54. The Balaban J connectivity index is 1.89. The van der Waals surface area contributed by atoms with Crippen LogP contribution in [0.1, 0.15) is 43.7 Å². The molecule has 1 aromatic heterocycles. The first-order valence-electron chi connectivity index (χ1n) is 6.82. The Morgan fingerprint density at radius 3 is 2.44 bits per heavy atom. The van der Waals surface area contributed by atoms with Crippen LogP contribution >= 0.6 is 0 Å².